The lowest BCUT2D eigenvalue weighted by Crippen LogP contribution is -2.10. The fraction of sp³-hybridized carbons (Fsp3) is 0.308. The molecule has 19 heavy (non-hydrogen) atoms. The molecule has 1 heterocycles. The van der Waals surface area contributed by atoms with E-state index in [1.807, 2.05) is 13.8 Å². The molecule has 0 saturated heterocycles. The number of hydrogen-bond donors (Lipinski definition) is 2. The van der Waals surface area contributed by atoms with Gasteiger partial charge in [0.05, 0.1) is 17.4 Å². The van der Waals surface area contributed by atoms with Crippen LogP contribution in [-0.4, -0.2) is 4.98 Å². The van der Waals surface area contributed by atoms with Crippen molar-refractivity contribution in [3.05, 3.63) is 39.8 Å². The van der Waals surface area contributed by atoms with Crippen molar-refractivity contribution in [1.82, 2.24) is 4.98 Å². The lowest BCUT2D eigenvalue weighted by Gasteiger charge is -2.15. The van der Waals surface area contributed by atoms with E-state index >= 15 is 0 Å². The molecule has 0 saturated carbocycles. The number of benzene rings is 1. The number of anilines is 2. The lowest BCUT2D eigenvalue weighted by atomic mass is 10.2. The van der Waals surface area contributed by atoms with E-state index in [-0.39, 0.29) is 17.4 Å². The average molecular weight is 283 g/mol. The highest BCUT2D eigenvalue weighted by Crippen LogP contribution is 2.30. The molecule has 0 spiro atoms. The predicted molar refractivity (Wildman–Crippen MR) is 74.3 cm³/mol. The van der Waals surface area contributed by atoms with Gasteiger partial charge in [-0.1, -0.05) is 6.92 Å². The molecule has 2 rings (SSSR count). The highest BCUT2D eigenvalue weighted by molar-refractivity contribution is 7.11. The van der Waals surface area contributed by atoms with Crippen molar-refractivity contribution < 1.29 is 8.78 Å². The number of nitrogens with two attached hydrogens (primary N) is 1. The minimum atomic E-state index is -0.959. The molecular weight excluding hydrogens is 268 g/mol. The lowest BCUT2D eigenvalue weighted by molar-refractivity contribution is 0.510. The van der Waals surface area contributed by atoms with Crippen LogP contribution in [0.1, 0.15) is 29.8 Å². The van der Waals surface area contributed by atoms with E-state index in [4.69, 9.17) is 5.73 Å². The molecule has 0 bridgehead atoms. The Morgan fingerprint density at radius 3 is 2.79 bits per heavy atom. The molecule has 0 radical (unpaired) electrons. The Kier molecular flexibility index (Phi) is 3.99. The quantitative estimate of drug-likeness (QED) is 0.840. The van der Waals surface area contributed by atoms with Crippen LogP contribution in [0.5, 0.6) is 0 Å². The Morgan fingerprint density at radius 2 is 2.16 bits per heavy atom. The second kappa shape index (κ2) is 5.52. The predicted octanol–water partition coefficient (Wildman–Crippen LogP) is 3.74. The van der Waals surface area contributed by atoms with Crippen LogP contribution in [0.4, 0.5) is 20.2 Å². The Bertz CT molecular complexity index is 583. The van der Waals surface area contributed by atoms with Gasteiger partial charge in [0, 0.05) is 11.1 Å². The van der Waals surface area contributed by atoms with Crippen molar-refractivity contribution in [2.45, 2.75) is 26.3 Å². The number of aryl methyl sites for hydroxylation is 1. The Labute approximate surface area is 114 Å². The molecule has 2 aromatic rings. The van der Waals surface area contributed by atoms with E-state index in [0.29, 0.717) is 0 Å². The van der Waals surface area contributed by atoms with Gasteiger partial charge in [-0.2, -0.15) is 0 Å². The summed E-state index contributed by atoms with van der Waals surface area (Å²) in [5.41, 5.74) is 5.83. The van der Waals surface area contributed by atoms with Crippen molar-refractivity contribution >= 4 is 22.7 Å². The first-order valence-electron chi connectivity index (χ1n) is 5.97. The van der Waals surface area contributed by atoms with Crippen molar-refractivity contribution in [3.8, 4) is 0 Å². The molecule has 0 aliphatic rings. The molecule has 0 aliphatic heterocycles. The standard InChI is InChI=1S/C13H15F2N3S/c1-3-8-6-17-13(19-8)7(2)18-12-10(16)5-4-9(14)11(12)15/h4-7,18H,3,16H2,1-2H3. The summed E-state index contributed by atoms with van der Waals surface area (Å²) >= 11 is 1.55. The van der Waals surface area contributed by atoms with Gasteiger partial charge in [-0.25, -0.2) is 13.8 Å². The molecule has 1 atom stereocenters. The molecule has 1 aromatic carbocycles. The van der Waals surface area contributed by atoms with Crippen LogP contribution in [0, 0.1) is 11.6 Å². The number of halogens is 2. The van der Waals surface area contributed by atoms with Crippen LogP contribution in [0.2, 0.25) is 0 Å². The van der Waals surface area contributed by atoms with Gasteiger partial charge >= 0.3 is 0 Å². The number of hydrogen-bond acceptors (Lipinski definition) is 4. The Morgan fingerprint density at radius 1 is 1.42 bits per heavy atom. The van der Waals surface area contributed by atoms with E-state index < -0.39 is 11.6 Å². The summed E-state index contributed by atoms with van der Waals surface area (Å²) in [5, 5.41) is 3.70. The Balaban J connectivity index is 2.23. The van der Waals surface area contributed by atoms with Crippen LogP contribution in [0.15, 0.2) is 18.3 Å². The molecule has 1 aromatic heterocycles. The molecule has 1 unspecified atom stereocenters. The van der Waals surface area contributed by atoms with E-state index in [1.54, 1.807) is 17.5 Å². The summed E-state index contributed by atoms with van der Waals surface area (Å²) in [7, 11) is 0. The molecule has 3 N–H and O–H groups in total. The van der Waals surface area contributed by atoms with Gasteiger partial charge in [0.25, 0.3) is 0 Å². The van der Waals surface area contributed by atoms with E-state index in [1.165, 1.54) is 6.07 Å². The summed E-state index contributed by atoms with van der Waals surface area (Å²) in [5.74, 6) is -1.88. The van der Waals surface area contributed by atoms with E-state index in [2.05, 4.69) is 10.3 Å². The zero-order valence-electron chi connectivity index (χ0n) is 10.7. The molecule has 0 amide bonds. The fourth-order valence-corrected chi connectivity index (χ4v) is 2.54. The largest absolute Gasteiger partial charge is 0.397 e. The smallest absolute Gasteiger partial charge is 0.183 e. The summed E-state index contributed by atoms with van der Waals surface area (Å²) in [6.45, 7) is 3.88. The summed E-state index contributed by atoms with van der Waals surface area (Å²) in [6.07, 6.45) is 2.70. The van der Waals surface area contributed by atoms with Crippen molar-refractivity contribution in [3.63, 3.8) is 0 Å². The second-order valence-electron chi connectivity index (χ2n) is 4.21. The first-order valence-corrected chi connectivity index (χ1v) is 6.79. The number of thiazole rings is 1. The van der Waals surface area contributed by atoms with Crippen LogP contribution in [0.25, 0.3) is 0 Å². The molecular formula is C13H15F2N3S. The van der Waals surface area contributed by atoms with Gasteiger partial charge in [0.15, 0.2) is 11.6 Å². The number of nitrogens with one attached hydrogen (secondary N) is 1. The number of nitrogens with zero attached hydrogens (tertiary/aromatic N) is 1. The van der Waals surface area contributed by atoms with E-state index in [0.717, 1.165) is 22.4 Å². The third-order valence-corrected chi connectivity index (χ3v) is 4.10. The van der Waals surface area contributed by atoms with Gasteiger partial charge in [-0.05, 0) is 25.5 Å². The third-order valence-electron chi connectivity index (χ3n) is 2.78. The van der Waals surface area contributed by atoms with Crippen molar-refractivity contribution in [1.29, 1.82) is 0 Å². The highest BCUT2D eigenvalue weighted by Gasteiger charge is 2.16. The minimum Gasteiger partial charge on any atom is -0.397 e. The van der Waals surface area contributed by atoms with Crippen LogP contribution in [-0.2, 0) is 6.42 Å². The maximum absolute atomic E-state index is 13.7. The van der Waals surface area contributed by atoms with Gasteiger partial charge < -0.3 is 11.1 Å². The number of aromatic nitrogens is 1. The van der Waals surface area contributed by atoms with Crippen LogP contribution >= 0.6 is 11.3 Å². The fourth-order valence-electron chi connectivity index (χ4n) is 1.68. The normalized spacial score (nSPS) is 12.4. The zero-order chi connectivity index (χ0) is 14.0. The number of nitrogen functional groups attached to an aromatic ring is 1. The van der Waals surface area contributed by atoms with Gasteiger partial charge in [-0.3, -0.25) is 0 Å². The maximum Gasteiger partial charge on any atom is 0.183 e. The van der Waals surface area contributed by atoms with Crippen LogP contribution < -0.4 is 11.1 Å². The topological polar surface area (TPSA) is 50.9 Å². The average Bonchev–Trinajstić information content (AvgIpc) is 2.88. The van der Waals surface area contributed by atoms with Crippen molar-refractivity contribution in [2.24, 2.45) is 0 Å². The minimum absolute atomic E-state index is 0.0132. The monoisotopic (exact) mass is 283 g/mol. The molecule has 0 fully saturated rings. The van der Waals surface area contributed by atoms with Crippen LogP contribution in [0.3, 0.4) is 0 Å². The van der Waals surface area contributed by atoms with Gasteiger partial charge in [-0.15, -0.1) is 11.3 Å². The maximum atomic E-state index is 13.7. The zero-order valence-corrected chi connectivity index (χ0v) is 11.5. The van der Waals surface area contributed by atoms with E-state index in [9.17, 15) is 8.78 Å². The molecule has 0 aliphatic carbocycles. The molecule has 3 nitrogen and oxygen atoms in total. The van der Waals surface area contributed by atoms with Gasteiger partial charge in [0.1, 0.15) is 5.01 Å². The third kappa shape index (κ3) is 2.84. The first-order chi connectivity index (χ1) is 9.02. The highest BCUT2D eigenvalue weighted by atomic mass is 32.1. The molecule has 102 valence electrons. The summed E-state index contributed by atoms with van der Waals surface area (Å²) in [6, 6.07) is 2.12. The summed E-state index contributed by atoms with van der Waals surface area (Å²) in [4.78, 5) is 5.41. The Hall–Kier alpha value is -1.69. The SMILES string of the molecule is CCc1cnc(C(C)Nc2c(N)ccc(F)c2F)s1. The number of rotatable bonds is 4. The molecule has 6 heteroatoms. The summed E-state index contributed by atoms with van der Waals surface area (Å²) < 4.78 is 26.9. The van der Waals surface area contributed by atoms with Crippen molar-refractivity contribution in [2.75, 3.05) is 11.1 Å². The van der Waals surface area contributed by atoms with Gasteiger partial charge in [0.2, 0.25) is 0 Å². The second-order valence-corrected chi connectivity index (χ2v) is 5.36. The first kappa shape index (κ1) is 13.7.